The van der Waals surface area contributed by atoms with Crippen LogP contribution < -0.4 is 10.1 Å². The molecule has 0 fully saturated rings. The first-order valence-electron chi connectivity index (χ1n) is 7.90. The van der Waals surface area contributed by atoms with Crippen molar-refractivity contribution in [3.05, 3.63) is 64.2 Å². The molecule has 2 aromatic rings. The Morgan fingerprint density at radius 3 is 2.60 bits per heavy atom. The van der Waals surface area contributed by atoms with Gasteiger partial charge >= 0.3 is 5.97 Å². The predicted molar refractivity (Wildman–Crippen MR) is 95.8 cm³/mol. The molecule has 1 aliphatic carbocycles. The van der Waals surface area contributed by atoms with Crippen LogP contribution >= 0.6 is 0 Å². The van der Waals surface area contributed by atoms with E-state index in [1.54, 1.807) is 31.4 Å². The van der Waals surface area contributed by atoms with Crippen LogP contribution in [0, 0.1) is 6.92 Å². The quantitative estimate of drug-likeness (QED) is 0.869. The van der Waals surface area contributed by atoms with Crippen LogP contribution in [-0.4, -0.2) is 26.1 Å². The molecule has 0 aliphatic heterocycles. The lowest BCUT2D eigenvalue weighted by Crippen LogP contribution is -2.17. The molecule has 0 bridgehead atoms. The molecule has 1 N–H and O–H groups in total. The summed E-state index contributed by atoms with van der Waals surface area (Å²) in [6, 6.07) is 10.8. The fraction of sp³-hybridized carbons (Fsp3) is 0.200. The first kappa shape index (κ1) is 16.8. The van der Waals surface area contributed by atoms with E-state index >= 15 is 0 Å². The van der Waals surface area contributed by atoms with Gasteiger partial charge in [-0.1, -0.05) is 12.1 Å². The Balaban J connectivity index is 1.82. The van der Waals surface area contributed by atoms with E-state index in [0.29, 0.717) is 23.2 Å². The average Bonchev–Trinajstić information content (AvgIpc) is 3.03. The van der Waals surface area contributed by atoms with Gasteiger partial charge in [0.25, 0.3) is 5.91 Å². The lowest BCUT2D eigenvalue weighted by molar-refractivity contribution is -0.112. The Morgan fingerprint density at radius 2 is 1.88 bits per heavy atom. The highest BCUT2D eigenvalue weighted by molar-refractivity contribution is 6.10. The summed E-state index contributed by atoms with van der Waals surface area (Å²) >= 11 is 0. The zero-order chi connectivity index (χ0) is 18.0. The molecule has 0 saturated heterocycles. The second kappa shape index (κ2) is 6.81. The summed E-state index contributed by atoms with van der Waals surface area (Å²) in [5, 5.41) is 2.81. The molecule has 3 rings (SSSR count). The van der Waals surface area contributed by atoms with Crippen LogP contribution in [0.5, 0.6) is 5.75 Å². The van der Waals surface area contributed by atoms with Gasteiger partial charge in [-0.25, -0.2) is 4.79 Å². The number of aryl methyl sites for hydroxylation is 1. The minimum Gasteiger partial charge on any atom is -0.496 e. The second-order valence-electron chi connectivity index (χ2n) is 5.86. The normalized spacial score (nSPS) is 12.2. The van der Waals surface area contributed by atoms with Crippen molar-refractivity contribution in [1.82, 2.24) is 0 Å². The van der Waals surface area contributed by atoms with Crippen molar-refractivity contribution < 1.29 is 19.1 Å². The summed E-state index contributed by atoms with van der Waals surface area (Å²) in [6.45, 7) is 1.97. The van der Waals surface area contributed by atoms with E-state index in [4.69, 9.17) is 9.47 Å². The number of esters is 1. The van der Waals surface area contributed by atoms with Gasteiger partial charge in [-0.3, -0.25) is 4.79 Å². The van der Waals surface area contributed by atoms with E-state index in [1.165, 1.54) is 7.11 Å². The van der Waals surface area contributed by atoms with Crippen LogP contribution in [0.3, 0.4) is 0 Å². The molecular formula is C20H19NO4. The van der Waals surface area contributed by atoms with Gasteiger partial charge in [0, 0.05) is 12.0 Å². The van der Waals surface area contributed by atoms with Gasteiger partial charge in [0.05, 0.1) is 25.5 Å². The monoisotopic (exact) mass is 337 g/mol. The van der Waals surface area contributed by atoms with Gasteiger partial charge in [0.15, 0.2) is 0 Å². The van der Waals surface area contributed by atoms with Crippen molar-refractivity contribution >= 4 is 23.6 Å². The molecule has 0 spiro atoms. The standard InChI is InChI=1S/C20H19NO4/c1-12-8-13-9-15(10-14(13)11-18(12)24-2)19(22)21-17-7-5-4-6-16(17)20(23)25-3/h4-9,11H,10H2,1-3H3,(H,21,22). The number of ether oxygens (including phenoxy) is 2. The number of para-hydroxylation sites is 1. The van der Waals surface area contributed by atoms with E-state index in [1.807, 2.05) is 25.1 Å². The molecule has 0 heterocycles. The minimum absolute atomic E-state index is 0.232. The smallest absolute Gasteiger partial charge is 0.339 e. The Bertz CT molecular complexity index is 883. The molecule has 0 radical (unpaired) electrons. The molecule has 1 amide bonds. The number of rotatable bonds is 4. The van der Waals surface area contributed by atoms with Crippen LogP contribution in [-0.2, 0) is 16.0 Å². The molecule has 0 unspecified atom stereocenters. The van der Waals surface area contributed by atoms with Crippen LogP contribution in [0.15, 0.2) is 42.0 Å². The van der Waals surface area contributed by atoms with Crippen LogP contribution in [0.2, 0.25) is 0 Å². The van der Waals surface area contributed by atoms with Gasteiger partial charge in [-0.05, 0) is 54.0 Å². The topological polar surface area (TPSA) is 64.6 Å². The van der Waals surface area contributed by atoms with Gasteiger partial charge in [0.2, 0.25) is 0 Å². The fourth-order valence-corrected chi connectivity index (χ4v) is 2.93. The maximum absolute atomic E-state index is 12.6. The molecule has 1 aliphatic rings. The van der Waals surface area contributed by atoms with E-state index in [2.05, 4.69) is 5.32 Å². The SMILES string of the molecule is COC(=O)c1ccccc1NC(=O)C1=Cc2cc(C)c(OC)cc2C1. The number of hydrogen-bond donors (Lipinski definition) is 1. The number of benzene rings is 2. The third kappa shape index (κ3) is 3.26. The Morgan fingerprint density at radius 1 is 1.12 bits per heavy atom. The highest BCUT2D eigenvalue weighted by atomic mass is 16.5. The third-order valence-electron chi connectivity index (χ3n) is 4.24. The number of fused-ring (bicyclic) bond motifs is 1. The van der Waals surface area contributed by atoms with E-state index < -0.39 is 5.97 Å². The largest absolute Gasteiger partial charge is 0.496 e. The number of hydrogen-bond acceptors (Lipinski definition) is 4. The molecule has 0 saturated carbocycles. The highest BCUT2D eigenvalue weighted by Gasteiger charge is 2.21. The van der Waals surface area contributed by atoms with E-state index in [9.17, 15) is 9.59 Å². The molecule has 0 atom stereocenters. The zero-order valence-electron chi connectivity index (χ0n) is 14.4. The van der Waals surface area contributed by atoms with Gasteiger partial charge in [-0.15, -0.1) is 0 Å². The maximum atomic E-state index is 12.6. The Hall–Kier alpha value is -3.08. The molecule has 25 heavy (non-hydrogen) atoms. The number of carbonyl (C=O) groups excluding carboxylic acids is 2. The number of methoxy groups -OCH3 is 2. The first-order chi connectivity index (χ1) is 12.0. The van der Waals surface area contributed by atoms with Crippen molar-refractivity contribution in [2.45, 2.75) is 13.3 Å². The summed E-state index contributed by atoms with van der Waals surface area (Å²) in [6.07, 6.45) is 2.40. The number of anilines is 1. The minimum atomic E-state index is -0.486. The maximum Gasteiger partial charge on any atom is 0.339 e. The number of nitrogens with one attached hydrogen (secondary N) is 1. The van der Waals surface area contributed by atoms with Crippen LogP contribution in [0.1, 0.15) is 27.0 Å². The molecule has 128 valence electrons. The summed E-state index contributed by atoms with van der Waals surface area (Å²) in [7, 11) is 2.95. The molecule has 0 aromatic heterocycles. The van der Waals surface area contributed by atoms with Gasteiger partial charge in [0.1, 0.15) is 5.75 Å². The Labute approximate surface area is 146 Å². The Kier molecular flexibility index (Phi) is 4.57. The summed E-state index contributed by atoms with van der Waals surface area (Å²) in [5.74, 6) is 0.0916. The lowest BCUT2D eigenvalue weighted by Gasteiger charge is -2.10. The van der Waals surface area contributed by atoms with Crippen molar-refractivity contribution in [3.8, 4) is 5.75 Å². The van der Waals surface area contributed by atoms with Crippen molar-refractivity contribution in [1.29, 1.82) is 0 Å². The molecule has 5 nitrogen and oxygen atoms in total. The first-order valence-corrected chi connectivity index (χ1v) is 7.90. The van der Waals surface area contributed by atoms with Gasteiger partial charge < -0.3 is 14.8 Å². The molecular weight excluding hydrogens is 318 g/mol. The summed E-state index contributed by atoms with van der Waals surface area (Å²) < 4.78 is 10.1. The average molecular weight is 337 g/mol. The summed E-state index contributed by atoms with van der Waals surface area (Å²) in [4.78, 5) is 24.4. The second-order valence-corrected chi connectivity index (χ2v) is 5.86. The van der Waals surface area contributed by atoms with Crippen molar-refractivity contribution in [3.63, 3.8) is 0 Å². The lowest BCUT2D eigenvalue weighted by atomic mass is 10.1. The highest BCUT2D eigenvalue weighted by Crippen LogP contribution is 2.31. The van der Waals surface area contributed by atoms with Crippen LogP contribution in [0.25, 0.3) is 6.08 Å². The molecule has 5 heteroatoms. The van der Waals surface area contributed by atoms with E-state index in [0.717, 1.165) is 22.4 Å². The van der Waals surface area contributed by atoms with E-state index in [-0.39, 0.29) is 5.91 Å². The summed E-state index contributed by atoms with van der Waals surface area (Å²) in [5.41, 5.74) is 4.49. The number of amides is 1. The van der Waals surface area contributed by atoms with Crippen LogP contribution in [0.4, 0.5) is 5.69 Å². The van der Waals surface area contributed by atoms with Crippen molar-refractivity contribution in [2.24, 2.45) is 0 Å². The molecule has 2 aromatic carbocycles. The zero-order valence-corrected chi connectivity index (χ0v) is 14.4. The van der Waals surface area contributed by atoms with Gasteiger partial charge in [-0.2, -0.15) is 0 Å². The van der Waals surface area contributed by atoms with Crippen molar-refractivity contribution in [2.75, 3.05) is 19.5 Å². The third-order valence-corrected chi connectivity index (χ3v) is 4.24. The predicted octanol–water partition coefficient (Wildman–Crippen LogP) is 3.37. The fourth-order valence-electron chi connectivity index (χ4n) is 2.93. The number of carbonyl (C=O) groups is 2.